The van der Waals surface area contributed by atoms with Crippen molar-refractivity contribution in [1.82, 2.24) is 15.5 Å². The van der Waals surface area contributed by atoms with Gasteiger partial charge in [-0.1, -0.05) is 19.1 Å². The largest absolute Gasteiger partial charge is 0.364 e. The van der Waals surface area contributed by atoms with Crippen molar-refractivity contribution in [3.05, 3.63) is 53.4 Å². The number of nitrogens with one attached hydrogen (secondary N) is 2. The molecule has 1 aromatic carbocycles. The molecule has 1 atom stereocenters. The molecular weight excluding hydrogens is 396 g/mol. The maximum absolute atomic E-state index is 12.6. The maximum atomic E-state index is 12.6. The molecule has 0 spiro atoms. The van der Waals surface area contributed by atoms with Crippen LogP contribution in [0.4, 0.5) is 10.5 Å². The van der Waals surface area contributed by atoms with Gasteiger partial charge in [0, 0.05) is 29.8 Å². The second-order valence-corrected chi connectivity index (χ2v) is 8.83. The van der Waals surface area contributed by atoms with Gasteiger partial charge in [-0.2, -0.15) is 11.8 Å². The average Bonchev–Trinajstić information content (AvgIpc) is 3.15. The quantitative estimate of drug-likeness (QED) is 0.406. The van der Waals surface area contributed by atoms with Crippen LogP contribution in [0.2, 0.25) is 0 Å². The second kappa shape index (κ2) is 11.4. The minimum Gasteiger partial charge on any atom is -0.364 e. The number of nitrogens with zero attached hydrogens (tertiary/aromatic N) is 2. The van der Waals surface area contributed by atoms with Crippen LogP contribution in [0.25, 0.3) is 0 Å². The molecule has 0 saturated carbocycles. The van der Waals surface area contributed by atoms with E-state index in [9.17, 15) is 4.79 Å². The third-order valence-corrected chi connectivity index (χ3v) is 6.13. The van der Waals surface area contributed by atoms with Gasteiger partial charge in [0.15, 0.2) is 0 Å². The first kappa shape index (κ1) is 22.7. The Hall–Kier alpha value is -2.00. The zero-order valence-corrected chi connectivity index (χ0v) is 18.6. The van der Waals surface area contributed by atoms with Crippen molar-refractivity contribution in [2.24, 2.45) is 11.5 Å². The van der Waals surface area contributed by atoms with Crippen molar-refractivity contribution in [1.29, 1.82) is 0 Å². The SMILES string of the molecule is CCSCC1=CC2=CN(c3ccc(CN(CCCN)CCCN)cc3)C(=O)NC2N1. The smallest absolute Gasteiger partial charge is 0.327 e. The highest BCUT2D eigenvalue weighted by atomic mass is 32.2. The third-order valence-electron chi connectivity index (χ3n) is 5.21. The van der Waals surface area contributed by atoms with E-state index in [2.05, 4.69) is 40.7 Å². The Balaban J connectivity index is 1.66. The number of carbonyl (C=O) groups excluding carboxylic acids is 1. The van der Waals surface area contributed by atoms with Crippen molar-refractivity contribution in [3.8, 4) is 0 Å². The lowest BCUT2D eigenvalue weighted by atomic mass is 10.1. The highest BCUT2D eigenvalue weighted by Gasteiger charge is 2.30. The standard InChI is InChI=1S/C22H34N6OS/c1-2-30-16-19-13-18-15-28(22(29)26-21(18)25-19)20-7-5-17(6-8-20)14-27(11-3-9-23)12-4-10-24/h5-8,13,15,21,25H,2-4,9-12,14,16,23-24H2,1H3,(H,26,29). The van der Waals surface area contributed by atoms with E-state index in [1.54, 1.807) is 4.90 Å². The fourth-order valence-corrected chi connectivity index (χ4v) is 4.22. The molecule has 1 aromatic rings. The molecule has 0 saturated heterocycles. The lowest BCUT2D eigenvalue weighted by Crippen LogP contribution is -2.51. The predicted molar refractivity (Wildman–Crippen MR) is 126 cm³/mol. The highest BCUT2D eigenvalue weighted by molar-refractivity contribution is 7.99. The number of fused-ring (bicyclic) bond motifs is 1. The molecule has 2 aliphatic heterocycles. The Kier molecular flexibility index (Phi) is 8.62. The third kappa shape index (κ3) is 6.01. The van der Waals surface area contributed by atoms with Gasteiger partial charge in [0.05, 0.1) is 5.69 Å². The van der Waals surface area contributed by atoms with Crippen LogP contribution in [0.3, 0.4) is 0 Å². The fourth-order valence-electron chi connectivity index (χ4n) is 3.63. The van der Waals surface area contributed by atoms with Crippen LogP contribution < -0.4 is 27.0 Å². The van der Waals surface area contributed by atoms with E-state index in [1.807, 2.05) is 30.1 Å². The van der Waals surface area contributed by atoms with Gasteiger partial charge in [-0.25, -0.2) is 4.79 Å². The number of anilines is 1. The minimum atomic E-state index is -0.126. The number of hydrogen-bond acceptors (Lipinski definition) is 6. The summed E-state index contributed by atoms with van der Waals surface area (Å²) in [7, 11) is 0. The van der Waals surface area contributed by atoms with E-state index < -0.39 is 0 Å². The number of hydrogen-bond donors (Lipinski definition) is 4. The Morgan fingerprint density at radius 3 is 2.43 bits per heavy atom. The summed E-state index contributed by atoms with van der Waals surface area (Å²) in [5.74, 6) is 2.00. The molecule has 164 valence electrons. The molecule has 0 aromatic heterocycles. The van der Waals surface area contributed by atoms with Gasteiger partial charge in [0.25, 0.3) is 0 Å². The molecule has 0 fully saturated rings. The van der Waals surface area contributed by atoms with Gasteiger partial charge in [-0.3, -0.25) is 9.80 Å². The van der Waals surface area contributed by atoms with E-state index in [4.69, 9.17) is 11.5 Å². The first-order valence-electron chi connectivity index (χ1n) is 10.7. The van der Waals surface area contributed by atoms with Crippen molar-refractivity contribution >= 4 is 23.5 Å². The van der Waals surface area contributed by atoms with Crippen LogP contribution in [0.1, 0.15) is 25.3 Å². The molecule has 3 rings (SSSR count). The van der Waals surface area contributed by atoms with Gasteiger partial charge in [0.1, 0.15) is 6.17 Å². The summed E-state index contributed by atoms with van der Waals surface area (Å²) in [4.78, 5) is 16.7. The molecular formula is C22H34N6OS. The molecule has 6 N–H and O–H groups in total. The molecule has 2 heterocycles. The lowest BCUT2D eigenvalue weighted by Gasteiger charge is -2.29. The number of benzene rings is 1. The summed E-state index contributed by atoms with van der Waals surface area (Å²) in [5, 5.41) is 6.43. The van der Waals surface area contributed by atoms with E-state index >= 15 is 0 Å². The summed E-state index contributed by atoms with van der Waals surface area (Å²) in [5.41, 5.74) is 15.7. The molecule has 1 unspecified atom stereocenters. The van der Waals surface area contributed by atoms with Crippen LogP contribution in [0.5, 0.6) is 0 Å². The van der Waals surface area contributed by atoms with Gasteiger partial charge in [0.2, 0.25) is 0 Å². The second-order valence-electron chi connectivity index (χ2n) is 7.56. The first-order valence-corrected chi connectivity index (χ1v) is 11.9. The number of amides is 2. The number of thioether (sulfide) groups is 1. The van der Waals surface area contributed by atoms with Gasteiger partial charge >= 0.3 is 6.03 Å². The fraction of sp³-hybridized carbons (Fsp3) is 0.500. The van der Waals surface area contributed by atoms with Gasteiger partial charge in [-0.05, 0) is 68.5 Å². The van der Waals surface area contributed by atoms with E-state index in [1.165, 1.54) is 5.56 Å². The van der Waals surface area contributed by atoms with Crippen molar-refractivity contribution in [2.45, 2.75) is 32.5 Å². The summed E-state index contributed by atoms with van der Waals surface area (Å²) in [6, 6.07) is 8.09. The monoisotopic (exact) mass is 430 g/mol. The summed E-state index contributed by atoms with van der Waals surface area (Å²) in [6.07, 6.45) is 5.90. The lowest BCUT2D eigenvalue weighted by molar-refractivity contribution is 0.243. The first-order chi connectivity index (χ1) is 14.6. The zero-order chi connectivity index (χ0) is 21.3. The summed E-state index contributed by atoms with van der Waals surface area (Å²) < 4.78 is 0. The maximum Gasteiger partial charge on any atom is 0.327 e. The molecule has 0 aliphatic carbocycles. The van der Waals surface area contributed by atoms with Crippen LogP contribution in [-0.2, 0) is 6.54 Å². The molecule has 8 heteroatoms. The molecule has 0 radical (unpaired) electrons. The molecule has 2 aliphatic rings. The Labute approximate surface area is 183 Å². The average molecular weight is 431 g/mol. The van der Waals surface area contributed by atoms with Crippen molar-refractivity contribution < 1.29 is 4.79 Å². The van der Waals surface area contributed by atoms with Gasteiger partial charge < -0.3 is 22.1 Å². The predicted octanol–water partition coefficient (Wildman–Crippen LogP) is 2.17. The Morgan fingerprint density at radius 2 is 1.80 bits per heavy atom. The van der Waals surface area contributed by atoms with E-state index in [0.717, 1.165) is 60.9 Å². The number of urea groups is 1. The molecule has 30 heavy (non-hydrogen) atoms. The minimum absolute atomic E-state index is 0.116. The number of carbonyl (C=O) groups is 1. The summed E-state index contributed by atoms with van der Waals surface area (Å²) >= 11 is 1.86. The Morgan fingerprint density at radius 1 is 1.10 bits per heavy atom. The molecule has 0 bridgehead atoms. The van der Waals surface area contributed by atoms with Crippen LogP contribution in [0.15, 0.2) is 47.8 Å². The summed E-state index contributed by atoms with van der Waals surface area (Å²) in [6.45, 7) is 6.34. The van der Waals surface area contributed by atoms with Crippen LogP contribution in [0, 0.1) is 0 Å². The Bertz CT molecular complexity index is 755. The number of rotatable bonds is 12. The van der Waals surface area contributed by atoms with Crippen molar-refractivity contribution in [2.75, 3.05) is 42.6 Å². The molecule has 7 nitrogen and oxygen atoms in total. The van der Waals surface area contributed by atoms with Crippen LogP contribution in [-0.4, -0.2) is 54.8 Å². The highest BCUT2D eigenvalue weighted by Crippen LogP contribution is 2.26. The zero-order valence-electron chi connectivity index (χ0n) is 17.8. The number of nitrogens with two attached hydrogens (primary N) is 2. The molecule has 2 amide bonds. The van der Waals surface area contributed by atoms with Gasteiger partial charge in [-0.15, -0.1) is 0 Å². The van der Waals surface area contributed by atoms with Crippen LogP contribution >= 0.6 is 11.8 Å². The van der Waals surface area contributed by atoms with Crippen molar-refractivity contribution in [3.63, 3.8) is 0 Å². The normalized spacial score (nSPS) is 18.1. The topological polar surface area (TPSA) is 99.7 Å². The van der Waals surface area contributed by atoms with E-state index in [0.29, 0.717) is 13.1 Å². The van der Waals surface area contributed by atoms with E-state index in [-0.39, 0.29) is 12.2 Å².